The van der Waals surface area contributed by atoms with E-state index in [-0.39, 0.29) is 23.3 Å². The molecule has 0 aromatic heterocycles. The zero-order valence-corrected chi connectivity index (χ0v) is 14.7. The van der Waals surface area contributed by atoms with E-state index in [1.807, 2.05) is 13.8 Å². The third-order valence-corrected chi connectivity index (χ3v) is 4.54. The van der Waals surface area contributed by atoms with Gasteiger partial charge in [0.2, 0.25) is 11.8 Å². The highest BCUT2D eigenvalue weighted by atomic mass is 35.5. The van der Waals surface area contributed by atoms with Gasteiger partial charge in [-0.1, -0.05) is 30.3 Å². The molecule has 1 atom stereocenters. The highest BCUT2D eigenvalue weighted by Crippen LogP contribution is 2.24. The lowest BCUT2D eigenvalue weighted by molar-refractivity contribution is -0.122. The fraction of sp³-hybridized carbons (Fsp3) is 0.333. The van der Waals surface area contributed by atoms with E-state index in [0.717, 1.165) is 30.0 Å². The molecule has 1 fully saturated rings. The average molecular weight is 371 g/mol. The number of benzene rings is 1. The summed E-state index contributed by atoms with van der Waals surface area (Å²) in [4.78, 5) is 23.9. The van der Waals surface area contributed by atoms with E-state index in [0.29, 0.717) is 10.9 Å². The summed E-state index contributed by atoms with van der Waals surface area (Å²) in [6, 6.07) is 3.87. The zero-order chi connectivity index (χ0) is 17.7. The lowest BCUT2D eigenvalue weighted by Gasteiger charge is -2.08. The van der Waals surface area contributed by atoms with Crippen LogP contribution in [-0.2, 0) is 9.59 Å². The van der Waals surface area contributed by atoms with Crippen molar-refractivity contribution in [2.24, 2.45) is 10.2 Å². The second kappa shape index (κ2) is 8.25. The third kappa shape index (κ3) is 5.04. The van der Waals surface area contributed by atoms with Crippen LogP contribution in [0.4, 0.5) is 10.1 Å². The molecule has 0 radical (unpaired) electrons. The molecule has 9 heteroatoms. The summed E-state index contributed by atoms with van der Waals surface area (Å²) in [6.45, 7) is 3.79. The van der Waals surface area contributed by atoms with Gasteiger partial charge in [0.25, 0.3) is 0 Å². The van der Waals surface area contributed by atoms with Crippen molar-refractivity contribution in [3.05, 3.63) is 29.0 Å². The van der Waals surface area contributed by atoms with Crippen molar-refractivity contribution in [2.75, 3.05) is 5.32 Å². The van der Waals surface area contributed by atoms with E-state index in [4.69, 9.17) is 11.6 Å². The predicted molar refractivity (Wildman–Crippen MR) is 95.0 cm³/mol. The Balaban J connectivity index is 1.94. The van der Waals surface area contributed by atoms with Crippen molar-refractivity contribution in [1.82, 2.24) is 5.32 Å². The van der Waals surface area contributed by atoms with Gasteiger partial charge in [0.15, 0.2) is 5.17 Å². The molecule has 0 unspecified atom stereocenters. The standard InChI is InChI=1S/C15H16ClFN4O2S/c1-3-8(2)20-21-15-19-14(23)12(24-15)7-13(22)18-9-4-5-11(17)10(16)6-9/h4-6,12H,3,7H2,1-2H3,(H,18,22)(H,19,21,23)/b20-8+/t12-/m1/s1. The predicted octanol–water partition coefficient (Wildman–Crippen LogP) is 3.18. The number of hydrogen-bond acceptors (Lipinski definition) is 5. The summed E-state index contributed by atoms with van der Waals surface area (Å²) in [7, 11) is 0. The van der Waals surface area contributed by atoms with E-state index < -0.39 is 11.1 Å². The monoisotopic (exact) mass is 370 g/mol. The van der Waals surface area contributed by atoms with Crippen molar-refractivity contribution in [1.29, 1.82) is 0 Å². The normalized spacial score (nSPS) is 19.5. The molecule has 1 aliphatic heterocycles. The highest BCUT2D eigenvalue weighted by Gasteiger charge is 2.32. The molecule has 2 N–H and O–H groups in total. The van der Waals surface area contributed by atoms with Crippen LogP contribution >= 0.6 is 23.4 Å². The van der Waals surface area contributed by atoms with Crippen LogP contribution in [0, 0.1) is 5.82 Å². The lowest BCUT2D eigenvalue weighted by Crippen LogP contribution is -2.28. The second-order valence-corrected chi connectivity index (χ2v) is 6.67. The number of amidine groups is 1. The smallest absolute Gasteiger partial charge is 0.240 e. The third-order valence-electron chi connectivity index (χ3n) is 3.17. The molecule has 128 valence electrons. The first-order chi connectivity index (χ1) is 11.4. The maximum atomic E-state index is 13.1. The Morgan fingerprint density at radius 3 is 2.92 bits per heavy atom. The maximum Gasteiger partial charge on any atom is 0.240 e. The Bertz CT molecular complexity index is 723. The van der Waals surface area contributed by atoms with Gasteiger partial charge in [0.1, 0.15) is 11.1 Å². The summed E-state index contributed by atoms with van der Waals surface area (Å²) in [5.74, 6) is -1.24. The average Bonchev–Trinajstić information content (AvgIpc) is 2.88. The van der Waals surface area contributed by atoms with Gasteiger partial charge >= 0.3 is 0 Å². The zero-order valence-electron chi connectivity index (χ0n) is 13.1. The summed E-state index contributed by atoms with van der Waals surface area (Å²) in [5, 5.41) is 12.8. The minimum Gasteiger partial charge on any atom is -0.326 e. The van der Waals surface area contributed by atoms with Gasteiger partial charge in [0.05, 0.1) is 5.02 Å². The van der Waals surface area contributed by atoms with E-state index in [1.165, 1.54) is 12.1 Å². The molecule has 2 amide bonds. The Kier molecular flexibility index (Phi) is 6.33. The second-order valence-electron chi connectivity index (χ2n) is 5.07. The molecule has 24 heavy (non-hydrogen) atoms. The van der Waals surface area contributed by atoms with Gasteiger partial charge in [0, 0.05) is 17.8 Å². The fourth-order valence-electron chi connectivity index (χ4n) is 1.74. The maximum absolute atomic E-state index is 13.1. The molecule has 1 saturated heterocycles. The topological polar surface area (TPSA) is 82.9 Å². The summed E-state index contributed by atoms with van der Waals surface area (Å²) in [6.07, 6.45) is 0.725. The Labute approximate surface area is 147 Å². The van der Waals surface area contributed by atoms with E-state index in [2.05, 4.69) is 20.8 Å². The molecule has 2 rings (SSSR count). The molecule has 1 heterocycles. The van der Waals surface area contributed by atoms with E-state index in [1.54, 1.807) is 0 Å². The molecule has 1 aromatic carbocycles. The number of thioether (sulfide) groups is 1. The van der Waals surface area contributed by atoms with Crippen LogP contribution in [0.2, 0.25) is 5.02 Å². The molecular formula is C15H16ClFN4O2S. The van der Waals surface area contributed by atoms with Crippen molar-refractivity contribution in [2.45, 2.75) is 31.9 Å². The molecular weight excluding hydrogens is 355 g/mol. The first-order valence-electron chi connectivity index (χ1n) is 7.22. The Morgan fingerprint density at radius 2 is 2.25 bits per heavy atom. The number of halogens is 2. The molecule has 0 bridgehead atoms. The quantitative estimate of drug-likeness (QED) is 0.616. The van der Waals surface area contributed by atoms with Gasteiger partial charge in [-0.2, -0.15) is 5.10 Å². The first kappa shape index (κ1) is 18.4. The number of anilines is 1. The summed E-state index contributed by atoms with van der Waals surface area (Å²) < 4.78 is 13.1. The summed E-state index contributed by atoms with van der Waals surface area (Å²) in [5.41, 5.74) is 1.21. The number of rotatable bonds is 5. The van der Waals surface area contributed by atoms with Crippen LogP contribution < -0.4 is 10.6 Å². The van der Waals surface area contributed by atoms with Gasteiger partial charge in [-0.3, -0.25) is 9.59 Å². The van der Waals surface area contributed by atoms with Gasteiger partial charge in [-0.25, -0.2) is 4.39 Å². The number of carbonyl (C=O) groups is 2. The molecule has 0 saturated carbocycles. The SMILES string of the molecule is CC/C(C)=N/N=C1\NC(=O)[C@@H](CC(=O)Nc2ccc(F)c(Cl)c2)S1. The molecule has 0 aliphatic carbocycles. The number of nitrogens with zero attached hydrogens (tertiary/aromatic N) is 2. The summed E-state index contributed by atoms with van der Waals surface area (Å²) >= 11 is 6.81. The Morgan fingerprint density at radius 1 is 1.50 bits per heavy atom. The number of hydrogen-bond donors (Lipinski definition) is 2. The van der Waals surface area contributed by atoms with Crippen LogP contribution in [0.15, 0.2) is 28.4 Å². The first-order valence-corrected chi connectivity index (χ1v) is 8.48. The van der Waals surface area contributed by atoms with Crippen LogP contribution in [0.5, 0.6) is 0 Å². The van der Waals surface area contributed by atoms with Crippen molar-refractivity contribution < 1.29 is 14.0 Å². The number of amides is 2. The molecule has 6 nitrogen and oxygen atoms in total. The van der Waals surface area contributed by atoms with Gasteiger partial charge in [-0.15, -0.1) is 5.10 Å². The minimum atomic E-state index is -0.586. The van der Waals surface area contributed by atoms with Crippen LogP contribution in [-0.4, -0.2) is 27.9 Å². The molecule has 1 aromatic rings. The van der Waals surface area contributed by atoms with E-state index in [9.17, 15) is 14.0 Å². The van der Waals surface area contributed by atoms with Crippen molar-refractivity contribution in [3.8, 4) is 0 Å². The van der Waals surface area contributed by atoms with Crippen LogP contribution in [0.25, 0.3) is 0 Å². The lowest BCUT2D eigenvalue weighted by atomic mass is 10.2. The highest BCUT2D eigenvalue weighted by molar-refractivity contribution is 8.15. The molecule has 1 aliphatic rings. The van der Waals surface area contributed by atoms with Gasteiger partial charge in [-0.05, 0) is 31.5 Å². The fourth-order valence-corrected chi connectivity index (χ4v) is 2.84. The number of carbonyl (C=O) groups excluding carboxylic acids is 2. The van der Waals surface area contributed by atoms with Crippen molar-refractivity contribution >= 4 is 51.7 Å². The van der Waals surface area contributed by atoms with Crippen LogP contribution in [0.3, 0.4) is 0 Å². The Hall–Kier alpha value is -1.93. The number of nitrogens with one attached hydrogen (secondary N) is 2. The largest absolute Gasteiger partial charge is 0.326 e. The van der Waals surface area contributed by atoms with Crippen LogP contribution in [0.1, 0.15) is 26.7 Å². The molecule has 0 spiro atoms. The van der Waals surface area contributed by atoms with Gasteiger partial charge < -0.3 is 10.6 Å². The minimum absolute atomic E-state index is 0.0407. The van der Waals surface area contributed by atoms with E-state index >= 15 is 0 Å². The van der Waals surface area contributed by atoms with Crippen molar-refractivity contribution in [3.63, 3.8) is 0 Å².